The molecule has 0 saturated heterocycles. The van der Waals surface area contributed by atoms with Crippen molar-refractivity contribution < 1.29 is 19.7 Å². The highest BCUT2D eigenvalue weighted by atomic mass is 16.5. The maximum atomic E-state index is 10.9. The van der Waals surface area contributed by atoms with Crippen molar-refractivity contribution in [1.29, 1.82) is 0 Å². The SMILES string of the molecule is Cc1c(O)ccc(Oc2ccc(CC(N)C(=O)O)c(C)c2C)c1C. The second-order valence-electron chi connectivity index (χ2n) is 6.06. The summed E-state index contributed by atoms with van der Waals surface area (Å²) in [5.74, 6) is 0.615. The van der Waals surface area contributed by atoms with Crippen LogP contribution in [0.1, 0.15) is 27.8 Å². The highest BCUT2D eigenvalue weighted by Gasteiger charge is 2.16. The van der Waals surface area contributed by atoms with E-state index in [0.717, 1.165) is 27.8 Å². The maximum absolute atomic E-state index is 10.9. The molecule has 24 heavy (non-hydrogen) atoms. The van der Waals surface area contributed by atoms with Gasteiger partial charge in [-0.2, -0.15) is 0 Å². The van der Waals surface area contributed by atoms with Crippen molar-refractivity contribution in [2.24, 2.45) is 5.73 Å². The lowest BCUT2D eigenvalue weighted by Crippen LogP contribution is -2.32. The molecule has 4 N–H and O–H groups in total. The largest absolute Gasteiger partial charge is 0.508 e. The van der Waals surface area contributed by atoms with Crippen molar-refractivity contribution in [2.75, 3.05) is 0 Å². The number of hydrogen-bond donors (Lipinski definition) is 3. The lowest BCUT2D eigenvalue weighted by Gasteiger charge is -2.17. The minimum atomic E-state index is -1.01. The number of rotatable bonds is 5. The monoisotopic (exact) mass is 329 g/mol. The minimum Gasteiger partial charge on any atom is -0.508 e. The number of aliphatic carboxylic acids is 1. The molecule has 0 aliphatic rings. The fourth-order valence-electron chi connectivity index (χ4n) is 2.52. The Morgan fingerprint density at radius 1 is 1.00 bits per heavy atom. The normalized spacial score (nSPS) is 12.0. The zero-order valence-corrected chi connectivity index (χ0v) is 14.4. The van der Waals surface area contributed by atoms with Crippen LogP contribution in [0, 0.1) is 27.7 Å². The summed E-state index contributed by atoms with van der Waals surface area (Å²) in [4.78, 5) is 10.9. The minimum absolute atomic E-state index is 0.241. The first kappa shape index (κ1) is 17.8. The molecule has 0 bridgehead atoms. The second-order valence-corrected chi connectivity index (χ2v) is 6.06. The van der Waals surface area contributed by atoms with E-state index in [1.54, 1.807) is 12.1 Å². The van der Waals surface area contributed by atoms with Gasteiger partial charge in [-0.15, -0.1) is 0 Å². The van der Waals surface area contributed by atoms with Crippen LogP contribution in [0.4, 0.5) is 0 Å². The molecule has 0 aromatic heterocycles. The fourth-order valence-corrected chi connectivity index (χ4v) is 2.52. The van der Waals surface area contributed by atoms with Crippen LogP contribution in [0.15, 0.2) is 24.3 Å². The van der Waals surface area contributed by atoms with E-state index in [1.165, 1.54) is 0 Å². The first-order chi connectivity index (χ1) is 11.2. The van der Waals surface area contributed by atoms with Crippen LogP contribution >= 0.6 is 0 Å². The Morgan fingerprint density at radius 2 is 1.54 bits per heavy atom. The van der Waals surface area contributed by atoms with E-state index in [2.05, 4.69) is 0 Å². The van der Waals surface area contributed by atoms with Gasteiger partial charge in [-0.05, 0) is 80.1 Å². The van der Waals surface area contributed by atoms with E-state index in [1.807, 2.05) is 39.8 Å². The van der Waals surface area contributed by atoms with Gasteiger partial charge < -0.3 is 20.7 Å². The molecule has 0 radical (unpaired) electrons. The maximum Gasteiger partial charge on any atom is 0.320 e. The smallest absolute Gasteiger partial charge is 0.320 e. The Kier molecular flexibility index (Phi) is 5.14. The van der Waals surface area contributed by atoms with Crippen LogP contribution in [0.5, 0.6) is 17.2 Å². The fraction of sp³-hybridized carbons (Fsp3) is 0.316. The average Bonchev–Trinajstić information content (AvgIpc) is 2.54. The standard InChI is InChI=1S/C19H23NO4/c1-10-12(3)17(7-5-14(10)9-15(20)19(22)23)24-18-8-6-16(21)11(2)13(18)4/h5-8,15,21H,9,20H2,1-4H3,(H,22,23). The first-order valence-corrected chi connectivity index (χ1v) is 7.76. The Balaban J connectivity index is 2.32. The van der Waals surface area contributed by atoms with Crippen molar-refractivity contribution in [2.45, 2.75) is 40.2 Å². The number of aromatic hydroxyl groups is 1. The summed E-state index contributed by atoms with van der Waals surface area (Å²) in [7, 11) is 0. The Bertz CT molecular complexity index is 783. The molecule has 0 saturated carbocycles. The number of phenolic OH excluding ortho intramolecular Hbond substituents is 1. The van der Waals surface area contributed by atoms with E-state index >= 15 is 0 Å². The summed E-state index contributed by atoms with van der Waals surface area (Å²) in [6.45, 7) is 7.60. The predicted molar refractivity (Wildman–Crippen MR) is 92.9 cm³/mol. The third kappa shape index (κ3) is 3.51. The van der Waals surface area contributed by atoms with Crippen LogP contribution in [0.2, 0.25) is 0 Å². The van der Waals surface area contributed by atoms with E-state index in [4.69, 9.17) is 15.6 Å². The van der Waals surface area contributed by atoms with Gasteiger partial charge in [0.15, 0.2) is 0 Å². The number of phenols is 1. The Labute approximate surface area is 141 Å². The molecule has 0 amide bonds. The first-order valence-electron chi connectivity index (χ1n) is 7.76. The van der Waals surface area contributed by atoms with Gasteiger partial charge in [-0.3, -0.25) is 4.79 Å². The molecule has 2 aromatic rings. The Hall–Kier alpha value is -2.53. The van der Waals surface area contributed by atoms with Crippen molar-refractivity contribution >= 4 is 5.97 Å². The van der Waals surface area contributed by atoms with Crippen LogP contribution in [-0.4, -0.2) is 22.2 Å². The summed E-state index contributed by atoms with van der Waals surface area (Å²) in [5, 5.41) is 18.7. The van der Waals surface area contributed by atoms with Gasteiger partial charge in [0.05, 0.1) is 0 Å². The van der Waals surface area contributed by atoms with Gasteiger partial charge in [0.2, 0.25) is 0 Å². The predicted octanol–water partition coefficient (Wildman–Crippen LogP) is 3.37. The van der Waals surface area contributed by atoms with E-state index in [9.17, 15) is 9.90 Å². The van der Waals surface area contributed by atoms with Crippen LogP contribution < -0.4 is 10.5 Å². The lowest BCUT2D eigenvalue weighted by atomic mass is 9.97. The van der Waals surface area contributed by atoms with Crippen molar-refractivity contribution in [1.82, 2.24) is 0 Å². The third-order valence-electron chi connectivity index (χ3n) is 4.54. The quantitative estimate of drug-likeness (QED) is 0.782. The van der Waals surface area contributed by atoms with E-state index in [0.29, 0.717) is 11.5 Å². The van der Waals surface area contributed by atoms with E-state index < -0.39 is 12.0 Å². The molecular weight excluding hydrogens is 306 g/mol. The van der Waals surface area contributed by atoms with Gasteiger partial charge in [-0.1, -0.05) is 6.07 Å². The number of hydrogen-bond acceptors (Lipinski definition) is 4. The molecule has 0 aliphatic carbocycles. The molecular formula is C19H23NO4. The number of carboxylic acid groups (broad SMARTS) is 1. The summed E-state index contributed by atoms with van der Waals surface area (Å²) < 4.78 is 6.01. The molecule has 0 fully saturated rings. The summed E-state index contributed by atoms with van der Waals surface area (Å²) in [5.41, 5.74) is 10.1. The average molecular weight is 329 g/mol. The van der Waals surface area contributed by atoms with Gasteiger partial charge in [-0.25, -0.2) is 0 Å². The van der Waals surface area contributed by atoms with Crippen molar-refractivity contribution in [3.05, 3.63) is 52.1 Å². The highest BCUT2D eigenvalue weighted by Crippen LogP contribution is 2.34. The zero-order chi connectivity index (χ0) is 18.0. The molecule has 2 aromatic carbocycles. The lowest BCUT2D eigenvalue weighted by molar-refractivity contribution is -0.138. The van der Waals surface area contributed by atoms with Crippen LogP contribution in [0.3, 0.4) is 0 Å². The van der Waals surface area contributed by atoms with E-state index in [-0.39, 0.29) is 12.2 Å². The number of nitrogens with two attached hydrogens (primary N) is 1. The van der Waals surface area contributed by atoms with Gasteiger partial charge in [0.25, 0.3) is 0 Å². The highest BCUT2D eigenvalue weighted by molar-refractivity contribution is 5.73. The van der Waals surface area contributed by atoms with Crippen LogP contribution in [0.25, 0.3) is 0 Å². The molecule has 5 heteroatoms. The number of carbonyl (C=O) groups is 1. The second kappa shape index (κ2) is 6.93. The third-order valence-corrected chi connectivity index (χ3v) is 4.54. The van der Waals surface area contributed by atoms with Crippen molar-refractivity contribution in [3.8, 4) is 17.2 Å². The molecule has 1 unspecified atom stereocenters. The summed E-state index contributed by atoms with van der Waals surface area (Å²) in [6, 6.07) is 6.11. The Morgan fingerprint density at radius 3 is 2.12 bits per heavy atom. The number of benzene rings is 2. The van der Waals surface area contributed by atoms with Gasteiger partial charge in [0, 0.05) is 0 Å². The molecule has 0 spiro atoms. The molecule has 1 atom stereocenters. The summed E-state index contributed by atoms with van der Waals surface area (Å²) in [6.07, 6.45) is 0.277. The number of ether oxygens (including phenoxy) is 1. The molecule has 2 rings (SSSR count). The molecule has 0 aliphatic heterocycles. The number of carboxylic acids is 1. The molecule has 5 nitrogen and oxygen atoms in total. The summed E-state index contributed by atoms with van der Waals surface area (Å²) >= 11 is 0. The van der Waals surface area contributed by atoms with Crippen molar-refractivity contribution in [3.63, 3.8) is 0 Å². The van der Waals surface area contributed by atoms with Gasteiger partial charge >= 0.3 is 5.97 Å². The topological polar surface area (TPSA) is 92.8 Å². The zero-order valence-electron chi connectivity index (χ0n) is 14.4. The van der Waals surface area contributed by atoms with Gasteiger partial charge in [0.1, 0.15) is 23.3 Å². The van der Waals surface area contributed by atoms with Crippen LogP contribution in [-0.2, 0) is 11.2 Å². The molecule has 0 heterocycles. The molecule has 128 valence electrons.